The molecule has 2 amide bonds. The average Bonchev–Trinajstić information content (AvgIpc) is 3.07. The van der Waals surface area contributed by atoms with Crippen molar-refractivity contribution in [2.45, 2.75) is 44.2 Å². The van der Waals surface area contributed by atoms with Gasteiger partial charge in [0.25, 0.3) is 5.91 Å². The Kier molecular flexibility index (Phi) is 9.59. The number of anilines is 1. The number of para-hydroxylation sites is 1. The van der Waals surface area contributed by atoms with Gasteiger partial charge in [0.1, 0.15) is 16.7 Å². The Morgan fingerprint density at radius 1 is 0.830 bits per heavy atom. The third-order valence-corrected chi connectivity index (χ3v) is 8.12. The molecule has 0 spiro atoms. The summed E-state index contributed by atoms with van der Waals surface area (Å²) >= 11 is 5.82. The molecule has 3 aromatic carbocycles. The minimum atomic E-state index is -1.11. The fourth-order valence-electron chi connectivity index (χ4n) is 5.49. The molecule has 1 aliphatic rings. The zero-order valence-corrected chi connectivity index (χ0v) is 25.9. The normalized spacial score (nSPS) is 15.9. The number of rotatable bonds is 10. The maximum atomic E-state index is 12.5. The number of hydrogen-bond donors (Lipinski definition) is 3. The van der Waals surface area contributed by atoms with Crippen LogP contribution in [0.25, 0.3) is 10.8 Å². The number of nitrogens with zero attached hydrogens (tertiary/aromatic N) is 2. The van der Waals surface area contributed by atoms with E-state index in [9.17, 15) is 19.5 Å². The van der Waals surface area contributed by atoms with Gasteiger partial charge in [-0.15, -0.1) is 0 Å². The summed E-state index contributed by atoms with van der Waals surface area (Å²) in [7, 11) is 0. The van der Waals surface area contributed by atoms with E-state index in [0.29, 0.717) is 27.9 Å². The largest absolute Gasteiger partial charge is 0.490 e. The van der Waals surface area contributed by atoms with E-state index in [4.69, 9.17) is 21.1 Å². The van der Waals surface area contributed by atoms with E-state index in [2.05, 4.69) is 20.6 Å². The van der Waals surface area contributed by atoms with Crippen LogP contribution in [0.2, 0.25) is 5.15 Å². The van der Waals surface area contributed by atoms with Gasteiger partial charge >= 0.3 is 5.97 Å². The van der Waals surface area contributed by atoms with E-state index < -0.39 is 5.97 Å². The summed E-state index contributed by atoms with van der Waals surface area (Å²) in [5.74, 6) is 0.172. The number of hydrogen-bond acceptors (Lipinski definition) is 7. The molecule has 6 rings (SSSR count). The number of pyridine rings is 2. The molecule has 1 aliphatic carbocycles. The molecule has 0 saturated heterocycles. The van der Waals surface area contributed by atoms with E-state index in [1.165, 1.54) is 12.3 Å². The minimum Gasteiger partial charge on any atom is -0.490 e. The minimum absolute atomic E-state index is 0.0254. The van der Waals surface area contributed by atoms with Gasteiger partial charge in [-0.05, 0) is 90.6 Å². The van der Waals surface area contributed by atoms with E-state index in [1.807, 2.05) is 36.4 Å². The molecule has 0 radical (unpaired) electrons. The average molecular weight is 651 g/mol. The molecule has 0 atom stereocenters. The number of carboxylic acids is 1. The van der Waals surface area contributed by atoms with Crippen molar-refractivity contribution in [3.63, 3.8) is 0 Å². The van der Waals surface area contributed by atoms with Crippen molar-refractivity contribution >= 4 is 45.8 Å². The van der Waals surface area contributed by atoms with Crippen LogP contribution < -0.4 is 20.1 Å². The Morgan fingerprint density at radius 3 is 2.28 bits per heavy atom. The van der Waals surface area contributed by atoms with Gasteiger partial charge in [0.05, 0.1) is 29.3 Å². The van der Waals surface area contributed by atoms with E-state index in [0.717, 1.165) is 42.2 Å². The smallest absolute Gasteiger partial charge is 0.337 e. The quantitative estimate of drug-likeness (QED) is 0.136. The number of ether oxygens (including phenoxy) is 2. The fourth-order valence-corrected chi connectivity index (χ4v) is 5.60. The summed E-state index contributed by atoms with van der Waals surface area (Å²) in [5, 5.41) is 17.4. The molecule has 238 valence electrons. The van der Waals surface area contributed by atoms with E-state index in [-0.39, 0.29) is 41.6 Å². The Bertz CT molecular complexity index is 1910. The number of fused-ring (bicyclic) bond motifs is 1. The lowest BCUT2D eigenvalue weighted by molar-refractivity contribution is -0.115. The monoisotopic (exact) mass is 650 g/mol. The van der Waals surface area contributed by atoms with Gasteiger partial charge in [0.2, 0.25) is 11.8 Å². The second-order valence-corrected chi connectivity index (χ2v) is 11.7. The van der Waals surface area contributed by atoms with Crippen LogP contribution in [-0.2, 0) is 11.2 Å². The lowest BCUT2D eigenvalue weighted by Gasteiger charge is -2.29. The first-order valence-corrected chi connectivity index (χ1v) is 15.5. The van der Waals surface area contributed by atoms with Crippen molar-refractivity contribution in [3.8, 4) is 17.4 Å². The number of carbonyl (C=O) groups is 3. The fraction of sp³-hybridized carbons (Fsp3) is 0.194. The van der Waals surface area contributed by atoms with Gasteiger partial charge < -0.3 is 25.2 Å². The van der Waals surface area contributed by atoms with Gasteiger partial charge in [-0.1, -0.05) is 41.9 Å². The molecular weight excluding hydrogens is 620 g/mol. The number of aromatic nitrogens is 2. The third kappa shape index (κ3) is 8.22. The van der Waals surface area contributed by atoms with Crippen LogP contribution in [0.5, 0.6) is 17.4 Å². The number of carbonyl (C=O) groups excluding carboxylic acids is 2. The van der Waals surface area contributed by atoms with Crippen molar-refractivity contribution in [1.82, 2.24) is 15.3 Å². The Balaban J connectivity index is 0.990. The zero-order valence-electron chi connectivity index (χ0n) is 25.2. The third-order valence-electron chi connectivity index (χ3n) is 7.90. The van der Waals surface area contributed by atoms with Crippen molar-refractivity contribution < 1.29 is 29.0 Å². The Hall–Kier alpha value is -5.48. The predicted octanol–water partition coefficient (Wildman–Crippen LogP) is 7.07. The number of aromatic carboxylic acids is 1. The van der Waals surface area contributed by atoms with E-state index >= 15 is 0 Å². The summed E-state index contributed by atoms with van der Waals surface area (Å²) in [5.41, 5.74) is 1.42. The maximum Gasteiger partial charge on any atom is 0.337 e. The van der Waals surface area contributed by atoms with Crippen molar-refractivity contribution in [2.75, 3.05) is 5.32 Å². The molecule has 0 aliphatic heterocycles. The first-order valence-electron chi connectivity index (χ1n) is 15.2. The van der Waals surface area contributed by atoms with Crippen LogP contribution in [0.1, 0.15) is 52.0 Å². The van der Waals surface area contributed by atoms with Crippen LogP contribution >= 0.6 is 11.6 Å². The van der Waals surface area contributed by atoms with Gasteiger partial charge in [-0.25, -0.2) is 14.8 Å². The van der Waals surface area contributed by atoms with Crippen LogP contribution in [0, 0.1) is 0 Å². The second kappa shape index (κ2) is 14.3. The molecule has 11 heteroatoms. The molecule has 2 aromatic heterocycles. The summed E-state index contributed by atoms with van der Waals surface area (Å²) in [6.07, 6.45) is 6.47. The number of carboxylic acid groups (broad SMARTS) is 1. The van der Waals surface area contributed by atoms with Crippen molar-refractivity contribution in [3.05, 3.63) is 119 Å². The topological polar surface area (TPSA) is 140 Å². The summed E-state index contributed by atoms with van der Waals surface area (Å²) in [4.78, 5) is 44.7. The second-order valence-electron chi connectivity index (χ2n) is 11.3. The number of halogens is 1. The molecule has 1 fully saturated rings. The van der Waals surface area contributed by atoms with E-state index in [1.54, 1.807) is 48.7 Å². The summed E-state index contributed by atoms with van der Waals surface area (Å²) in [6.45, 7) is 0. The van der Waals surface area contributed by atoms with Gasteiger partial charge in [-0.2, -0.15) is 0 Å². The highest BCUT2D eigenvalue weighted by molar-refractivity contribution is 6.29. The van der Waals surface area contributed by atoms with Crippen molar-refractivity contribution in [1.29, 1.82) is 0 Å². The highest BCUT2D eigenvalue weighted by Crippen LogP contribution is 2.30. The van der Waals surface area contributed by atoms with Crippen LogP contribution in [0.3, 0.4) is 0 Å². The van der Waals surface area contributed by atoms with Crippen LogP contribution in [0.4, 0.5) is 5.69 Å². The molecule has 1 saturated carbocycles. The first-order chi connectivity index (χ1) is 22.8. The Labute approximate surface area is 275 Å². The standard InChI is InChI=1S/C36H31ClN4O6/c37-32-15-8-25(21-38-32)35(43)40-26-9-13-27(14-10-26)46-28-11-6-24-19-29(12-7-23(24)18-28)47-34-16-5-22(20-39-34)17-33(42)41-31-4-2-1-3-30(31)36(44)45/h1-8,11-12,15-16,18-21,26-27H,9-10,13-14,17H2,(H,40,43)(H,41,42)(H,44,45). The maximum absolute atomic E-state index is 12.5. The molecule has 10 nitrogen and oxygen atoms in total. The lowest BCUT2D eigenvalue weighted by Crippen LogP contribution is -2.39. The summed E-state index contributed by atoms with van der Waals surface area (Å²) in [6, 6.07) is 24.7. The van der Waals surface area contributed by atoms with Crippen LogP contribution in [0.15, 0.2) is 97.3 Å². The molecule has 47 heavy (non-hydrogen) atoms. The van der Waals surface area contributed by atoms with Crippen molar-refractivity contribution in [2.24, 2.45) is 0 Å². The first kappa shape index (κ1) is 31.5. The molecule has 5 aromatic rings. The highest BCUT2D eigenvalue weighted by Gasteiger charge is 2.24. The van der Waals surface area contributed by atoms with Gasteiger partial charge in [-0.3, -0.25) is 9.59 Å². The van der Waals surface area contributed by atoms with Crippen LogP contribution in [-0.4, -0.2) is 45.0 Å². The highest BCUT2D eigenvalue weighted by atomic mass is 35.5. The molecule has 3 N–H and O–H groups in total. The number of nitrogens with one attached hydrogen (secondary N) is 2. The van der Waals surface area contributed by atoms with Gasteiger partial charge in [0.15, 0.2) is 0 Å². The SMILES string of the molecule is O=C(Cc1ccc(Oc2ccc3cc(OC4CCC(NC(=O)c5ccc(Cl)nc5)CC4)ccc3c2)nc1)Nc1ccccc1C(=O)O. The predicted molar refractivity (Wildman–Crippen MR) is 177 cm³/mol. The molecule has 0 unspecified atom stereocenters. The number of amides is 2. The molecule has 2 heterocycles. The zero-order chi connectivity index (χ0) is 32.8. The number of benzene rings is 3. The summed E-state index contributed by atoms with van der Waals surface area (Å²) < 4.78 is 12.3. The molecular formula is C36H31ClN4O6. The molecule has 0 bridgehead atoms. The Morgan fingerprint density at radius 2 is 1.57 bits per heavy atom. The van der Waals surface area contributed by atoms with Gasteiger partial charge in [0, 0.05) is 24.5 Å². The lowest BCUT2D eigenvalue weighted by atomic mass is 9.92.